The van der Waals surface area contributed by atoms with Gasteiger partial charge in [0.15, 0.2) is 0 Å². The molecular weight excluding hydrogens is 184 g/mol. The van der Waals surface area contributed by atoms with E-state index in [1.165, 1.54) is 5.56 Å². The Hall–Kier alpha value is -1.31. The molecule has 0 saturated carbocycles. The summed E-state index contributed by atoms with van der Waals surface area (Å²) in [7, 11) is 0. The van der Waals surface area contributed by atoms with E-state index in [-0.39, 0.29) is 0 Å². The third-order valence-corrected chi connectivity index (χ3v) is 2.64. The van der Waals surface area contributed by atoms with Crippen molar-refractivity contribution in [1.82, 2.24) is 4.90 Å². The number of amidine groups is 1. The van der Waals surface area contributed by atoms with Gasteiger partial charge in [0.1, 0.15) is 0 Å². The molecule has 2 heteroatoms. The molecule has 0 aromatic heterocycles. The van der Waals surface area contributed by atoms with Gasteiger partial charge in [-0.05, 0) is 25.8 Å². The lowest BCUT2D eigenvalue weighted by molar-refractivity contribution is 0.451. The van der Waals surface area contributed by atoms with Crippen molar-refractivity contribution in [2.24, 2.45) is 0 Å². The van der Waals surface area contributed by atoms with E-state index in [0.29, 0.717) is 0 Å². The second-order valence-corrected chi connectivity index (χ2v) is 3.60. The molecule has 0 aliphatic heterocycles. The van der Waals surface area contributed by atoms with Gasteiger partial charge >= 0.3 is 0 Å². The SMILES string of the molecule is CCN(CC)C(=N)CCc1ccccc1. The molecule has 82 valence electrons. The predicted octanol–water partition coefficient (Wildman–Crippen LogP) is 2.94. The zero-order chi connectivity index (χ0) is 11.1. The Balaban J connectivity index is 2.40. The Morgan fingerprint density at radius 2 is 1.73 bits per heavy atom. The second-order valence-electron chi connectivity index (χ2n) is 3.60. The van der Waals surface area contributed by atoms with Crippen LogP contribution in [0, 0.1) is 5.41 Å². The molecule has 0 heterocycles. The highest BCUT2D eigenvalue weighted by atomic mass is 15.1. The molecule has 1 N–H and O–H groups in total. The number of nitrogens with one attached hydrogen (secondary N) is 1. The minimum atomic E-state index is 0.754. The molecule has 1 aromatic carbocycles. The summed E-state index contributed by atoms with van der Waals surface area (Å²) in [6.45, 7) is 6.06. The molecule has 0 saturated heterocycles. The number of aryl methyl sites for hydroxylation is 1. The van der Waals surface area contributed by atoms with Gasteiger partial charge in [-0.15, -0.1) is 0 Å². The largest absolute Gasteiger partial charge is 0.361 e. The maximum Gasteiger partial charge on any atom is 0.0960 e. The zero-order valence-corrected chi connectivity index (χ0v) is 9.66. The number of benzene rings is 1. The molecule has 0 bridgehead atoms. The standard InChI is InChI=1S/C13H20N2/c1-3-15(4-2)13(14)11-10-12-8-6-5-7-9-12/h5-9,14H,3-4,10-11H2,1-2H3. The van der Waals surface area contributed by atoms with Crippen LogP contribution in [0.25, 0.3) is 0 Å². The molecule has 1 aromatic rings. The fourth-order valence-corrected chi connectivity index (χ4v) is 1.67. The summed E-state index contributed by atoms with van der Waals surface area (Å²) in [4.78, 5) is 2.10. The first kappa shape index (κ1) is 11.8. The van der Waals surface area contributed by atoms with Crippen molar-refractivity contribution < 1.29 is 0 Å². The minimum Gasteiger partial charge on any atom is -0.361 e. The Labute approximate surface area is 92.4 Å². The van der Waals surface area contributed by atoms with Crippen molar-refractivity contribution in [1.29, 1.82) is 5.41 Å². The maximum absolute atomic E-state index is 7.92. The van der Waals surface area contributed by atoms with Gasteiger partial charge in [-0.1, -0.05) is 30.3 Å². The Bertz CT molecular complexity index is 289. The van der Waals surface area contributed by atoms with Gasteiger partial charge in [0.05, 0.1) is 5.84 Å². The van der Waals surface area contributed by atoms with E-state index < -0.39 is 0 Å². The van der Waals surface area contributed by atoms with Crippen LogP contribution in [0.5, 0.6) is 0 Å². The van der Waals surface area contributed by atoms with E-state index in [4.69, 9.17) is 5.41 Å². The average Bonchev–Trinajstić information content (AvgIpc) is 2.29. The molecule has 0 unspecified atom stereocenters. The van der Waals surface area contributed by atoms with E-state index in [1.54, 1.807) is 0 Å². The van der Waals surface area contributed by atoms with Gasteiger partial charge in [-0.3, -0.25) is 5.41 Å². The van der Waals surface area contributed by atoms with Crippen LogP contribution < -0.4 is 0 Å². The summed E-state index contributed by atoms with van der Waals surface area (Å²) in [6.07, 6.45) is 1.81. The molecule has 0 aliphatic carbocycles. The lowest BCUT2D eigenvalue weighted by atomic mass is 10.1. The van der Waals surface area contributed by atoms with Gasteiger partial charge < -0.3 is 4.90 Å². The topological polar surface area (TPSA) is 27.1 Å². The van der Waals surface area contributed by atoms with Crippen molar-refractivity contribution in [3.05, 3.63) is 35.9 Å². The lowest BCUT2D eigenvalue weighted by Crippen LogP contribution is -2.30. The van der Waals surface area contributed by atoms with Crippen LogP contribution in [0.4, 0.5) is 0 Å². The van der Waals surface area contributed by atoms with Crippen molar-refractivity contribution in [2.75, 3.05) is 13.1 Å². The summed E-state index contributed by atoms with van der Waals surface area (Å²) < 4.78 is 0. The quantitative estimate of drug-likeness (QED) is 0.579. The summed E-state index contributed by atoms with van der Waals surface area (Å²) in [6, 6.07) is 10.4. The summed E-state index contributed by atoms with van der Waals surface area (Å²) in [5, 5.41) is 7.92. The molecule has 0 spiro atoms. The van der Waals surface area contributed by atoms with Crippen molar-refractivity contribution in [3.8, 4) is 0 Å². The van der Waals surface area contributed by atoms with Gasteiger partial charge in [0.2, 0.25) is 0 Å². The molecule has 0 aliphatic rings. The van der Waals surface area contributed by atoms with E-state index in [1.807, 2.05) is 6.07 Å². The lowest BCUT2D eigenvalue weighted by Gasteiger charge is -2.21. The molecule has 0 fully saturated rings. The normalized spacial score (nSPS) is 10.0. The van der Waals surface area contributed by atoms with Gasteiger partial charge in [0, 0.05) is 19.5 Å². The van der Waals surface area contributed by atoms with E-state index in [9.17, 15) is 0 Å². The second kappa shape index (κ2) is 6.23. The van der Waals surface area contributed by atoms with Gasteiger partial charge in [0.25, 0.3) is 0 Å². The van der Waals surface area contributed by atoms with Crippen molar-refractivity contribution in [3.63, 3.8) is 0 Å². The van der Waals surface area contributed by atoms with Crippen LogP contribution >= 0.6 is 0 Å². The molecule has 2 nitrogen and oxygen atoms in total. The first-order valence-electron chi connectivity index (χ1n) is 5.64. The molecule has 1 rings (SSSR count). The Kier molecular flexibility index (Phi) is 4.88. The first-order chi connectivity index (χ1) is 7.27. The highest BCUT2D eigenvalue weighted by Crippen LogP contribution is 2.04. The fourth-order valence-electron chi connectivity index (χ4n) is 1.67. The number of hydrogen-bond donors (Lipinski definition) is 1. The van der Waals surface area contributed by atoms with Crippen LogP contribution in [-0.2, 0) is 6.42 Å². The molecule has 0 atom stereocenters. The number of nitrogens with zero attached hydrogens (tertiary/aromatic N) is 1. The summed E-state index contributed by atoms with van der Waals surface area (Å²) >= 11 is 0. The van der Waals surface area contributed by atoms with Crippen LogP contribution in [-0.4, -0.2) is 23.8 Å². The third-order valence-electron chi connectivity index (χ3n) is 2.64. The summed E-state index contributed by atoms with van der Waals surface area (Å²) in [5.41, 5.74) is 1.31. The minimum absolute atomic E-state index is 0.754. The third kappa shape index (κ3) is 3.74. The molecule has 15 heavy (non-hydrogen) atoms. The van der Waals surface area contributed by atoms with E-state index in [0.717, 1.165) is 31.8 Å². The van der Waals surface area contributed by atoms with Crippen molar-refractivity contribution >= 4 is 5.84 Å². The fraction of sp³-hybridized carbons (Fsp3) is 0.462. The van der Waals surface area contributed by atoms with Crippen LogP contribution in [0.3, 0.4) is 0 Å². The molecular formula is C13H20N2. The number of rotatable bonds is 5. The van der Waals surface area contributed by atoms with E-state index >= 15 is 0 Å². The van der Waals surface area contributed by atoms with Crippen molar-refractivity contribution in [2.45, 2.75) is 26.7 Å². The predicted molar refractivity (Wildman–Crippen MR) is 65.4 cm³/mol. The Morgan fingerprint density at radius 3 is 2.27 bits per heavy atom. The highest BCUT2D eigenvalue weighted by Gasteiger charge is 2.04. The number of hydrogen-bond acceptors (Lipinski definition) is 1. The zero-order valence-electron chi connectivity index (χ0n) is 9.66. The highest BCUT2D eigenvalue weighted by molar-refractivity contribution is 5.79. The van der Waals surface area contributed by atoms with Crippen LogP contribution in [0.1, 0.15) is 25.8 Å². The molecule has 0 radical (unpaired) electrons. The van der Waals surface area contributed by atoms with Crippen LogP contribution in [0.15, 0.2) is 30.3 Å². The molecule has 0 amide bonds. The van der Waals surface area contributed by atoms with Crippen LogP contribution in [0.2, 0.25) is 0 Å². The first-order valence-corrected chi connectivity index (χ1v) is 5.64. The smallest absolute Gasteiger partial charge is 0.0960 e. The van der Waals surface area contributed by atoms with Gasteiger partial charge in [-0.25, -0.2) is 0 Å². The monoisotopic (exact) mass is 204 g/mol. The summed E-state index contributed by atoms with van der Waals surface area (Å²) in [5.74, 6) is 0.754. The Morgan fingerprint density at radius 1 is 1.13 bits per heavy atom. The van der Waals surface area contributed by atoms with Gasteiger partial charge in [-0.2, -0.15) is 0 Å². The maximum atomic E-state index is 7.92. The van der Waals surface area contributed by atoms with E-state index in [2.05, 4.69) is 43.0 Å². The average molecular weight is 204 g/mol.